The Kier molecular flexibility index (Phi) is 6.56. The molecule has 0 radical (unpaired) electrons. The van der Waals surface area contributed by atoms with Gasteiger partial charge in [0.1, 0.15) is 12.7 Å². The fourth-order valence-corrected chi connectivity index (χ4v) is 1.54. The standard InChI is InChI=1S/C14H22N6O2/c1-14(2,16)11-5-4-6-12(20-11)22-8-10(21)7-18-13(17-3)19-9-15/h4-6,10,21H,7-8,16H2,1-3H3,(H2,17,18,19). The van der Waals surface area contributed by atoms with Crippen molar-refractivity contribution in [2.24, 2.45) is 10.7 Å². The van der Waals surface area contributed by atoms with E-state index in [-0.39, 0.29) is 19.1 Å². The van der Waals surface area contributed by atoms with Crippen LogP contribution in [0.4, 0.5) is 0 Å². The number of rotatable bonds is 6. The van der Waals surface area contributed by atoms with E-state index in [0.717, 1.165) is 0 Å². The number of hydrogen-bond acceptors (Lipinski definition) is 6. The van der Waals surface area contributed by atoms with E-state index in [9.17, 15) is 5.11 Å². The average molecular weight is 306 g/mol. The molecule has 1 atom stereocenters. The second-order valence-corrected chi connectivity index (χ2v) is 5.24. The molecule has 5 N–H and O–H groups in total. The summed E-state index contributed by atoms with van der Waals surface area (Å²) >= 11 is 0. The molecule has 1 heterocycles. The number of aromatic nitrogens is 1. The number of hydrogen-bond donors (Lipinski definition) is 4. The fourth-order valence-electron chi connectivity index (χ4n) is 1.54. The molecule has 0 fully saturated rings. The summed E-state index contributed by atoms with van der Waals surface area (Å²) in [6.07, 6.45) is 0.865. The molecule has 0 spiro atoms. The van der Waals surface area contributed by atoms with Crippen LogP contribution in [0, 0.1) is 11.5 Å². The molecule has 0 saturated heterocycles. The highest BCUT2D eigenvalue weighted by molar-refractivity contribution is 5.80. The van der Waals surface area contributed by atoms with Crippen LogP contribution < -0.4 is 21.1 Å². The molecule has 0 amide bonds. The smallest absolute Gasteiger partial charge is 0.213 e. The minimum Gasteiger partial charge on any atom is -0.475 e. The van der Waals surface area contributed by atoms with Crippen LogP contribution in [0.25, 0.3) is 0 Å². The minimum absolute atomic E-state index is 0.0536. The van der Waals surface area contributed by atoms with Crippen molar-refractivity contribution < 1.29 is 9.84 Å². The predicted molar refractivity (Wildman–Crippen MR) is 83.1 cm³/mol. The molecule has 0 aliphatic carbocycles. The summed E-state index contributed by atoms with van der Waals surface area (Å²) in [5.41, 5.74) is 6.13. The Morgan fingerprint density at radius 3 is 2.91 bits per heavy atom. The summed E-state index contributed by atoms with van der Waals surface area (Å²) in [6.45, 7) is 3.94. The van der Waals surface area contributed by atoms with Gasteiger partial charge in [-0.3, -0.25) is 0 Å². The third kappa shape index (κ3) is 5.95. The Morgan fingerprint density at radius 2 is 2.32 bits per heavy atom. The van der Waals surface area contributed by atoms with Gasteiger partial charge in [-0.25, -0.2) is 4.98 Å². The summed E-state index contributed by atoms with van der Waals surface area (Å²) in [6, 6.07) is 5.32. The quantitative estimate of drug-likeness (QED) is 0.321. The molecule has 8 heteroatoms. The van der Waals surface area contributed by atoms with E-state index in [1.54, 1.807) is 25.4 Å². The second kappa shape index (κ2) is 8.17. The number of nitrogens with one attached hydrogen (secondary N) is 2. The Morgan fingerprint density at radius 1 is 1.59 bits per heavy atom. The van der Waals surface area contributed by atoms with Crippen molar-refractivity contribution >= 4 is 5.96 Å². The molecular formula is C14H22N6O2. The highest BCUT2D eigenvalue weighted by Crippen LogP contribution is 2.17. The van der Waals surface area contributed by atoms with Crippen LogP contribution in [-0.2, 0) is 5.54 Å². The van der Waals surface area contributed by atoms with Gasteiger partial charge in [0, 0.05) is 19.7 Å². The first-order valence-electron chi connectivity index (χ1n) is 6.82. The first-order chi connectivity index (χ1) is 10.4. The largest absolute Gasteiger partial charge is 0.475 e. The van der Waals surface area contributed by atoms with Crippen LogP contribution in [-0.4, -0.2) is 42.4 Å². The van der Waals surface area contributed by atoms with Crippen molar-refractivity contribution in [3.05, 3.63) is 23.9 Å². The van der Waals surface area contributed by atoms with E-state index in [1.165, 1.54) is 0 Å². The zero-order valence-electron chi connectivity index (χ0n) is 13.0. The SMILES string of the molecule is CN/C(=N/C#N)NCC(O)COc1cccc(C(C)(C)N)n1. The lowest BCUT2D eigenvalue weighted by Crippen LogP contribution is -2.41. The number of aliphatic imine (C=N–C) groups is 1. The number of aliphatic hydroxyl groups excluding tert-OH is 1. The van der Waals surface area contributed by atoms with E-state index < -0.39 is 11.6 Å². The molecule has 0 aliphatic heterocycles. The highest BCUT2D eigenvalue weighted by atomic mass is 16.5. The zero-order valence-corrected chi connectivity index (χ0v) is 13.0. The van der Waals surface area contributed by atoms with Crippen LogP contribution >= 0.6 is 0 Å². The van der Waals surface area contributed by atoms with Gasteiger partial charge in [-0.15, -0.1) is 4.99 Å². The van der Waals surface area contributed by atoms with E-state index in [2.05, 4.69) is 20.6 Å². The lowest BCUT2D eigenvalue weighted by molar-refractivity contribution is 0.107. The lowest BCUT2D eigenvalue weighted by Gasteiger charge is -2.19. The van der Waals surface area contributed by atoms with Crippen LogP contribution in [0.1, 0.15) is 19.5 Å². The van der Waals surface area contributed by atoms with E-state index in [4.69, 9.17) is 15.7 Å². The van der Waals surface area contributed by atoms with E-state index in [1.807, 2.05) is 19.9 Å². The number of aliphatic hydroxyl groups is 1. The maximum absolute atomic E-state index is 9.85. The Labute approximate surface area is 130 Å². The lowest BCUT2D eigenvalue weighted by atomic mass is 10.0. The minimum atomic E-state index is -0.784. The predicted octanol–water partition coefficient (Wildman–Crippen LogP) is -0.339. The van der Waals surface area contributed by atoms with Gasteiger partial charge in [-0.2, -0.15) is 5.26 Å². The normalized spacial score (nSPS) is 13.2. The zero-order chi connectivity index (χ0) is 16.6. The summed E-state index contributed by atoms with van der Waals surface area (Å²) in [7, 11) is 1.62. The topological polar surface area (TPSA) is 129 Å². The van der Waals surface area contributed by atoms with Gasteiger partial charge < -0.3 is 26.2 Å². The molecule has 1 rings (SSSR count). The van der Waals surface area contributed by atoms with Gasteiger partial charge in [0.05, 0.1) is 11.2 Å². The molecule has 0 bridgehead atoms. The number of nitriles is 1. The van der Waals surface area contributed by atoms with Gasteiger partial charge >= 0.3 is 0 Å². The van der Waals surface area contributed by atoms with Crippen molar-refractivity contribution in [2.45, 2.75) is 25.5 Å². The Hall–Kier alpha value is -2.37. The molecule has 0 aromatic carbocycles. The molecule has 0 aliphatic rings. The van der Waals surface area contributed by atoms with E-state index >= 15 is 0 Å². The van der Waals surface area contributed by atoms with Crippen molar-refractivity contribution in [2.75, 3.05) is 20.2 Å². The van der Waals surface area contributed by atoms with Gasteiger partial charge in [-0.1, -0.05) is 6.07 Å². The Balaban J connectivity index is 2.49. The number of pyridine rings is 1. The first-order valence-corrected chi connectivity index (χ1v) is 6.82. The van der Waals surface area contributed by atoms with Crippen LogP contribution in [0.2, 0.25) is 0 Å². The third-order valence-electron chi connectivity index (χ3n) is 2.71. The molecule has 1 aromatic rings. The summed E-state index contributed by atoms with van der Waals surface area (Å²) in [5.74, 6) is 0.682. The summed E-state index contributed by atoms with van der Waals surface area (Å²) in [4.78, 5) is 7.79. The van der Waals surface area contributed by atoms with Crippen molar-refractivity contribution in [3.63, 3.8) is 0 Å². The molecular weight excluding hydrogens is 284 g/mol. The molecule has 0 saturated carbocycles. The highest BCUT2D eigenvalue weighted by Gasteiger charge is 2.16. The fraction of sp³-hybridized carbons (Fsp3) is 0.500. The van der Waals surface area contributed by atoms with Gasteiger partial charge in [0.2, 0.25) is 18.0 Å². The van der Waals surface area contributed by atoms with Crippen molar-refractivity contribution in [1.29, 1.82) is 5.26 Å². The first kappa shape index (κ1) is 17.7. The van der Waals surface area contributed by atoms with Crippen LogP contribution in [0.3, 0.4) is 0 Å². The second-order valence-electron chi connectivity index (χ2n) is 5.24. The van der Waals surface area contributed by atoms with E-state index in [0.29, 0.717) is 11.6 Å². The van der Waals surface area contributed by atoms with Crippen LogP contribution in [0.15, 0.2) is 23.2 Å². The molecule has 22 heavy (non-hydrogen) atoms. The number of ether oxygens (including phenoxy) is 1. The number of nitrogens with zero attached hydrogens (tertiary/aromatic N) is 3. The van der Waals surface area contributed by atoms with Gasteiger partial charge in [0.25, 0.3) is 0 Å². The molecule has 1 aromatic heterocycles. The summed E-state index contributed by atoms with van der Waals surface area (Å²) < 4.78 is 5.45. The molecule has 1 unspecified atom stereocenters. The third-order valence-corrected chi connectivity index (χ3v) is 2.71. The van der Waals surface area contributed by atoms with Crippen molar-refractivity contribution in [3.8, 4) is 12.1 Å². The number of guanidine groups is 1. The maximum Gasteiger partial charge on any atom is 0.213 e. The van der Waals surface area contributed by atoms with Gasteiger partial charge in [0.15, 0.2) is 0 Å². The average Bonchev–Trinajstić information content (AvgIpc) is 2.48. The molecule has 120 valence electrons. The Bertz CT molecular complexity index is 547. The van der Waals surface area contributed by atoms with Crippen LogP contribution in [0.5, 0.6) is 5.88 Å². The monoisotopic (exact) mass is 306 g/mol. The molecule has 8 nitrogen and oxygen atoms in total. The summed E-state index contributed by atoms with van der Waals surface area (Å²) in [5, 5.41) is 23.8. The number of nitrogens with two attached hydrogens (primary N) is 1. The van der Waals surface area contributed by atoms with Crippen molar-refractivity contribution in [1.82, 2.24) is 15.6 Å². The van der Waals surface area contributed by atoms with Gasteiger partial charge in [-0.05, 0) is 19.9 Å². The maximum atomic E-state index is 9.85.